The first-order valence-corrected chi connectivity index (χ1v) is 10.5. The molecule has 33 heavy (non-hydrogen) atoms. The zero-order valence-corrected chi connectivity index (χ0v) is 18.3. The van der Waals surface area contributed by atoms with Crippen LogP contribution in [0.4, 0.5) is 10.2 Å². The minimum atomic E-state index is -0.685. The predicted octanol–water partition coefficient (Wildman–Crippen LogP) is 4.01. The van der Waals surface area contributed by atoms with Crippen molar-refractivity contribution in [2.24, 2.45) is 5.92 Å². The molecule has 0 bridgehead atoms. The Bertz CT molecular complexity index is 1450. The fraction of sp³-hybridized carbons (Fsp3) is 0.292. The van der Waals surface area contributed by atoms with E-state index in [1.165, 1.54) is 25.3 Å². The Kier molecular flexibility index (Phi) is 5.13. The maximum Gasteiger partial charge on any atom is 0.349 e. The van der Waals surface area contributed by atoms with Gasteiger partial charge in [0.25, 0.3) is 0 Å². The summed E-state index contributed by atoms with van der Waals surface area (Å²) in [5.74, 6) is 0.0398. The van der Waals surface area contributed by atoms with Crippen molar-refractivity contribution in [2.45, 2.75) is 19.9 Å². The number of halogens is 1. The number of aryl methyl sites for hydroxylation is 1. The number of anilines is 1. The summed E-state index contributed by atoms with van der Waals surface area (Å²) in [4.78, 5) is 21.9. The predicted molar refractivity (Wildman–Crippen MR) is 121 cm³/mol. The molecule has 1 aliphatic heterocycles. The Morgan fingerprint density at radius 1 is 1.21 bits per heavy atom. The minimum absolute atomic E-state index is 0.0451. The highest BCUT2D eigenvalue weighted by molar-refractivity contribution is 6.00. The van der Waals surface area contributed by atoms with Crippen molar-refractivity contribution in [2.75, 3.05) is 25.6 Å². The molecule has 2 N–H and O–H groups in total. The lowest BCUT2D eigenvalue weighted by atomic mass is 9.98. The van der Waals surface area contributed by atoms with Crippen molar-refractivity contribution >= 4 is 27.5 Å². The molecule has 0 radical (unpaired) electrons. The molecular formula is C24H22FN3O5. The number of rotatable bonds is 4. The van der Waals surface area contributed by atoms with Gasteiger partial charge in [0.15, 0.2) is 0 Å². The number of nitrogens with zero attached hydrogens (tertiary/aromatic N) is 2. The number of hydrogen-bond acceptors (Lipinski definition) is 8. The molecule has 0 aliphatic carbocycles. The molecule has 170 valence electrons. The van der Waals surface area contributed by atoms with Crippen LogP contribution in [0.5, 0.6) is 11.8 Å². The van der Waals surface area contributed by atoms with Gasteiger partial charge in [-0.3, -0.25) is 0 Å². The van der Waals surface area contributed by atoms with E-state index in [1.807, 2.05) is 6.92 Å². The first-order chi connectivity index (χ1) is 15.9. The number of phenolic OH excluding ortho intramolecular Hbond substituents is 1. The molecule has 3 heterocycles. The topological polar surface area (TPSA) is 107 Å². The Hall–Kier alpha value is -3.72. The molecule has 1 fully saturated rings. The molecule has 0 saturated carbocycles. The third-order valence-corrected chi connectivity index (χ3v) is 6.01. The van der Waals surface area contributed by atoms with Gasteiger partial charge in [-0.05, 0) is 30.5 Å². The van der Waals surface area contributed by atoms with Crippen LogP contribution in [0.15, 0.2) is 39.5 Å². The van der Waals surface area contributed by atoms with Crippen LogP contribution < -0.4 is 15.7 Å². The summed E-state index contributed by atoms with van der Waals surface area (Å²) in [7, 11) is 1.44. The maximum absolute atomic E-state index is 14.8. The number of ether oxygens (including phenoxy) is 2. The average molecular weight is 451 g/mol. The van der Waals surface area contributed by atoms with Crippen molar-refractivity contribution in [3.63, 3.8) is 0 Å². The van der Waals surface area contributed by atoms with Crippen LogP contribution in [0.3, 0.4) is 0 Å². The second-order valence-corrected chi connectivity index (χ2v) is 8.22. The van der Waals surface area contributed by atoms with E-state index >= 15 is 0 Å². The van der Waals surface area contributed by atoms with Crippen LogP contribution in [0.1, 0.15) is 12.5 Å². The fourth-order valence-electron chi connectivity index (χ4n) is 4.25. The standard InChI is InChI=1S/C24H22FN3O5/c1-11-9-32-10-17(11)26-22-19-20(27-24(28-22)31-3)12(2)21(33-23(19)30)15-8-14(29)7-13-5-4-6-16(25)18(13)15/h4-8,11,17,29H,9-10H2,1-3H3,(H,26,27,28). The maximum atomic E-state index is 14.8. The van der Waals surface area contributed by atoms with E-state index in [-0.39, 0.29) is 51.6 Å². The molecule has 0 amide bonds. The summed E-state index contributed by atoms with van der Waals surface area (Å²) in [6, 6.07) is 7.39. The molecule has 8 nitrogen and oxygen atoms in total. The molecule has 1 aliphatic rings. The summed E-state index contributed by atoms with van der Waals surface area (Å²) >= 11 is 0. The van der Waals surface area contributed by atoms with Crippen LogP contribution >= 0.6 is 0 Å². The van der Waals surface area contributed by atoms with Crippen LogP contribution in [0, 0.1) is 18.7 Å². The number of aromatic hydroxyl groups is 1. The van der Waals surface area contributed by atoms with Gasteiger partial charge in [-0.1, -0.05) is 19.1 Å². The summed E-state index contributed by atoms with van der Waals surface area (Å²) in [5, 5.41) is 14.4. The summed E-state index contributed by atoms with van der Waals surface area (Å²) in [6.45, 7) is 4.84. The first-order valence-electron chi connectivity index (χ1n) is 10.5. The van der Waals surface area contributed by atoms with Gasteiger partial charge >= 0.3 is 11.6 Å². The Morgan fingerprint density at radius 3 is 2.76 bits per heavy atom. The lowest BCUT2D eigenvalue weighted by Crippen LogP contribution is -2.27. The van der Waals surface area contributed by atoms with Gasteiger partial charge in [-0.15, -0.1) is 0 Å². The van der Waals surface area contributed by atoms with Crippen molar-refractivity contribution in [3.8, 4) is 23.1 Å². The quantitative estimate of drug-likeness (QED) is 0.479. The van der Waals surface area contributed by atoms with Crippen molar-refractivity contribution in [1.82, 2.24) is 9.97 Å². The number of nitrogens with one attached hydrogen (secondary N) is 1. The molecule has 5 rings (SSSR count). The SMILES string of the molecule is COc1nc(NC2COCC2C)c2c(=O)oc(-c3cc(O)cc4cccc(F)c34)c(C)c2n1. The minimum Gasteiger partial charge on any atom is -0.508 e. The monoisotopic (exact) mass is 451 g/mol. The van der Waals surface area contributed by atoms with E-state index in [2.05, 4.69) is 15.3 Å². The van der Waals surface area contributed by atoms with Crippen molar-refractivity contribution in [3.05, 3.63) is 52.1 Å². The van der Waals surface area contributed by atoms with Gasteiger partial charge in [0.05, 0.1) is 31.9 Å². The Balaban J connectivity index is 1.78. The van der Waals surface area contributed by atoms with Crippen LogP contribution in [-0.4, -0.2) is 41.4 Å². The molecule has 2 atom stereocenters. The summed E-state index contributed by atoms with van der Waals surface area (Å²) < 4.78 is 31.3. The Labute approximate surface area is 188 Å². The number of phenols is 1. The lowest BCUT2D eigenvalue weighted by molar-refractivity contribution is 0.187. The third-order valence-electron chi connectivity index (χ3n) is 6.01. The first kappa shape index (κ1) is 21.1. The molecule has 0 spiro atoms. The Morgan fingerprint density at radius 2 is 2.03 bits per heavy atom. The fourth-order valence-corrected chi connectivity index (χ4v) is 4.25. The number of hydrogen-bond donors (Lipinski definition) is 2. The van der Waals surface area contributed by atoms with Crippen molar-refractivity contribution in [1.29, 1.82) is 0 Å². The van der Waals surface area contributed by atoms with Crippen molar-refractivity contribution < 1.29 is 23.4 Å². The van der Waals surface area contributed by atoms with E-state index in [0.717, 1.165) is 0 Å². The number of methoxy groups -OCH3 is 1. The highest BCUT2D eigenvalue weighted by Crippen LogP contribution is 2.38. The van der Waals surface area contributed by atoms with Gasteiger partial charge in [0, 0.05) is 22.4 Å². The van der Waals surface area contributed by atoms with Crippen LogP contribution in [0.2, 0.25) is 0 Å². The van der Waals surface area contributed by atoms with E-state index in [4.69, 9.17) is 13.9 Å². The lowest BCUT2D eigenvalue weighted by Gasteiger charge is -2.18. The van der Waals surface area contributed by atoms with Crippen LogP contribution in [-0.2, 0) is 4.74 Å². The second kappa shape index (κ2) is 8.00. The molecule has 2 aromatic heterocycles. The normalized spacial score (nSPS) is 18.2. The second-order valence-electron chi connectivity index (χ2n) is 8.22. The van der Waals surface area contributed by atoms with Gasteiger partial charge in [0.1, 0.15) is 28.5 Å². The third kappa shape index (κ3) is 3.54. The zero-order chi connectivity index (χ0) is 23.3. The molecule has 2 unspecified atom stereocenters. The van der Waals surface area contributed by atoms with E-state index in [0.29, 0.717) is 29.7 Å². The molecule has 2 aromatic carbocycles. The van der Waals surface area contributed by atoms with Gasteiger partial charge in [-0.25, -0.2) is 9.18 Å². The highest BCUT2D eigenvalue weighted by Gasteiger charge is 2.27. The molecule has 9 heteroatoms. The van der Waals surface area contributed by atoms with Gasteiger partial charge in [0.2, 0.25) is 0 Å². The van der Waals surface area contributed by atoms with E-state index < -0.39 is 11.4 Å². The van der Waals surface area contributed by atoms with E-state index in [1.54, 1.807) is 19.1 Å². The van der Waals surface area contributed by atoms with Gasteiger partial charge in [-0.2, -0.15) is 9.97 Å². The molecular weight excluding hydrogens is 429 g/mol. The summed E-state index contributed by atoms with van der Waals surface area (Å²) in [5.41, 5.74) is 0.369. The number of fused-ring (bicyclic) bond motifs is 2. The molecule has 1 saturated heterocycles. The zero-order valence-electron chi connectivity index (χ0n) is 18.3. The average Bonchev–Trinajstić information content (AvgIpc) is 3.19. The van der Waals surface area contributed by atoms with Gasteiger partial charge < -0.3 is 24.3 Å². The summed E-state index contributed by atoms with van der Waals surface area (Å²) in [6.07, 6.45) is 0. The number of benzene rings is 2. The van der Waals surface area contributed by atoms with E-state index in [9.17, 15) is 14.3 Å². The van der Waals surface area contributed by atoms with Crippen LogP contribution in [0.25, 0.3) is 33.0 Å². The highest BCUT2D eigenvalue weighted by atomic mass is 19.1. The number of aromatic nitrogens is 2. The smallest absolute Gasteiger partial charge is 0.349 e. The largest absolute Gasteiger partial charge is 0.508 e. The molecule has 4 aromatic rings.